The number of fused-ring (bicyclic) bond motifs is 1. The van der Waals surface area contributed by atoms with Gasteiger partial charge in [0.15, 0.2) is 0 Å². The van der Waals surface area contributed by atoms with E-state index in [1.807, 2.05) is 0 Å². The normalized spacial score (nSPS) is 18.8. The predicted octanol–water partition coefficient (Wildman–Crippen LogP) is 2.69. The predicted molar refractivity (Wildman–Crippen MR) is 105 cm³/mol. The first-order valence-corrected chi connectivity index (χ1v) is 9.24. The molecule has 2 aromatic heterocycles. The van der Waals surface area contributed by atoms with Gasteiger partial charge in [-0.2, -0.15) is 13.2 Å². The lowest BCUT2D eigenvalue weighted by Crippen LogP contribution is -2.46. The minimum atomic E-state index is -4.44. The Morgan fingerprint density at radius 1 is 1.20 bits per heavy atom. The summed E-state index contributed by atoms with van der Waals surface area (Å²) in [5, 5.41) is 3.32. The molecule has 1 saturated carbocycles. The van der Waals surface area contributed by atoms with Crippen LogP contribution < -0.4 is 16.6 Å². The smallest absolute Gasteiger partial charge is 0.369 e. The van der Waals surface area contributed by atoms with Crippen LogP contribution in [0, 0.1) is 5.92 Å². The number of anilines is 1. The van der Waals surface area contributed by atoms with E-state index < -0.39 is 17.6 Å². The highest BCUT2D eigenvalue weighted by Gasteiger charge is 2.36. The molecule has 3 aromatic rings. The van der Waals surface area contributed by atoms with Crippen LogP contribution in [0.5, 0.6) is 0 Å². The van der Waals surface area contributed by atoms with Crippen LogP contribution in [0.2, 0.25) is 0 Å². The number of carbonyl (C=O) groups is 1. The summed E-state index contributed by atoms with van der Waals surface area (Å²) in [6.45, 7) is 0. The van der Waals surface area contributed by atoms with Gasteiger partial charge in [-0.3, -0.25) is 9.59 Å². The number of amides is 1. The van der Waals surface area contributed by atoms with Crippen molar-refractivity contribution in [3.8, 4) is 11.1 Å². The largest absolute Gasteiger partial charge is 0.416 e. The molecular weight excluding hydrogens is 399 g/mol. The molecule has 2 unspecified atom stereocenters. The molecule has 3 N–H and O–H groups in total. The minimum Gasteiger partial charge on any atom is -0.369 e. The lowest BCUT2D eigenvalue weighted by molar-refractivity contribution is -0.137. The SMILES string of the molecule is Cn1cnc2c(-c3ccc(C(F)(F)F)cc3)cnc(NC3CCC3C(N)=O)c2c1=O. The third-order valence-electron chi connectivity index (χ3n) is 5.43. The van der Waals surface area contributed by atoms with E-state index in [4.69, 9.17) is 5.73 Å². The quantitative estimate of drug-likeness (QED) is 0.680. The number of hydrogen-bond donors (Lipinski definition) is 2. The van der Waals surface area contributed by atoms with Gasteiger partial charge in [-0.15, -0.1) is 0 Å². The van der Waals surface area contributed by atoms with Crippen molar-refractivity contribution < 1.29 is 18.0 Å². The topological polar surface area (TPSA) is 103 Å². The van der Waals surface area contributed by atoms with Gasteiger partial charge in [-0.25, -0.2) is 9.97 Å². The van der Waals surface area contributed by atoms with Crippen molar-refractivity contribution in [3.63, 3.8) is 0 Å². The molecule has 2 atom stereocenters. The monoisotopic (exact) mass is 417 g/mol. The Labute approximate surface area is 168 Å². The van der Waals surface area contributed by atoms with Crippen LogP contribution in [0.3, 0.4) is 0 Å². The number of pyridine rings is 1. The number of aryl methyl sites for hydroxylation is 1. The van der Waals surface area contributed by atoms with Gasteiger partial charge in [0.05, 0.1) is 23.3 Å². The number of nitrogens with two attached hydrogens (primary N) is 1. The highest BCUT2D eigenvalue weighted by atomic mass is 19.4. The third-order valence-corrected chi connectivity index (χ3v) is 5.43. The van der Waals surface area contributed by atoms with Crippen LogP contribution in [0.4, 0.5) is 19.0 Å². The Kier molecular flexibility index (Phi) is 4.71. The number of aromatic nitrogens is 3. The van der Waals surface area contributed by atoms with Crippen molar-refractivity contribution in [1.29, 1.82) is 0 Å². The number of nitrogens with zero attached hydrogens (tertiary/aromatic N) is 3. The Balaban J connectivity index is 1.81. The van der Waals surface area contributed by atoms with Gasteiger partial charge in [0.25, 0.3) is 5.56 Å². The van der Waals surface area contributed by atoms with Crippen LogP contribution in [-0.2, 0) is 18.0 Å². The van der Waals surface area contributed by atoms with Crippen LogP contribution in [0.25, 0.3) is 22.0 Å². The molecule has 2 heterocycles. The van der Waals surface area contributed by atoms with Gasteiger partial charge >= 0.3 is 6.18 Å². The zero-order valence-electron chi connectivity index (χ0n) is 15.9. The fraction of sp³-hybridized carbons (Fsp3) is 0.300. The van der Waals surface area contributed by atoms with Crippen molar-refractivity contribution in [2.45, 2.75) is 25.1 Å². The first kappa shape index (κ1) is 19.9. The second kappa shape index (κ2) is 7.12. The second-order valence-corrected chi connectivity index (χ2v) is 7.32. The molecule has 0 bridgehead atoms. The van der Waals surface area contributed by atoms with Gasteiger partial charge < -0.3 is 15.6 Å². The number of nitrogens with one attached hydrogen (secondary N) is 1. The van der Waals surface area contributed by atoms with Crippen molar-refractivity contribution >= 4 is 22.6 Å². The van der Waals surface area contributed by atoms with Crippen LogP contribution in [-0.4, -0.2) is 26.5 Å². The number of alkyl halides is 3. The molecule has 1 aliphatic carbocycles. The molecule has 30 heavy (non-hydrogen) atoms. The first-order valence-electron chi connectivity index (χ1n) is 9.24. The van der Waals surface area contributed by atoms with E-state index >= 15 is 0 Å². The zero-order chi connectivity index (χ0) is 21.6. The summed E-state index contributed by atoms with van der Waals surface area (Å²) in [6.07, 6.45) is -0.279. The zero-order valence-corrected chi connectivity index (χ0v) is 15.9. The molecule has 7 nitrogen and oxygen atoms in total. The summed E-state index contributed by atoms with van der Waals surface area (Å²) in [4.78, 5) is 33.0. The fourth-order valence-corrected chi connectivity index (χ4v) is 3.56. The molecule has 4 rings (SSSR count). The van der Waals surface area contributed by atoms with Gasteiger partial charge in [-0.1, -0.05) is 12.1 Å². The summed E-state index contributed by atoms with van der Waals surface area (Å²) < 4.78 is 39.9. The van der Waals surface area contributed by atoms with E-state index in [2.05, 4.69) is 15.3 Å². The summed E-state index contributed by atoms with van der Waals surface area (Å²) >= 11 is 0. The van der Waals surface area contributed by atoms with Gasteiger partial charge in [-0.05, 0) is 30.5 Å². The van der Waals surface area contributed by atoms with Gasteiger partial charge in [0.2, 0.25) is 5.91 Å². The van der Waals surface area contributed by atoms with E-state index in [0.29, 0.717) is 29.5 Å². The van der Waals surface area contributed by atoms with E-state index in [1.54, 1.807) is 7.05 Å². The molecule has 10 heteroatoms. The van der Waals surface area contributed by atoms with Crippen LogP contribution in [0.1, 0.15) is 18.4 Å². The molecule has 1 aromatic carbocycles. The maximum absolute atomic E-state index is 12.9. The summed E-state index contributed by atoms with van der Waals surface area (Å²) in [5.41, 5.74) is 5.45. The molecule has 0 spiro atoms. The minimum absolute atomic E-state index is 0.201. The van der Waals surface area contributed by atoms with Crippen molar-refractivity contribution in [2.75, 3.05) is 5.32 Å². The Morgan fingerprint density at radius 2 is 1.90 bits per heavy atom. The maximum atomic E-state index is 12.9. The lowest BCUT2D eigenvalue weighted by Gasteiger charge is -2.35. The van der Waals surface area contributed by atoms with Gasteiger partial charge in [0.1, 0.15) is 11.2 Å². The van der Waals surface area contributed by atoms with E-state index in [9.17, 15) is 22.8 Å². The molecule has 1 fully saturated rings. The number of carbonyl (C=O) groups excluding carboxylic acids is 1. The lowest BCUT2D eigenvalue weighted by atomic mass is 9.79. The van der Waals surface area contributed by atoms with E-state index in [-0.39, 0.29) is 28.7 Å². The standard InChI is InChI=1S/C20H18F3N5O2/c1-28-9-26-16-13(10-2-4-11(5-3-10)20(21,22)23)8-25-18(15(16)19(28)30)27-14-7-6-12(14)17(24)29/h2-5,8-9,12,14H,6-7H2,1H3,(H2,24,29)(H,25,27). The molecule has 156 valence electrons. The number of primary amides is 1. The van der Waals surface area contributed by atoms with E-state index in [0.717, 1.165) is 12.1 Å². The number of hydrogen-bond acceptors (Lipinski definition) is 5. The third kappa shape index (κ3) is 3.38. The molecule has 1 amide bonds. The van der Waals surface area contributed by atoms with Crippen molar-refractivity contribution in [3.05, 3.63) is 52.7 Å². The second-order valence-electron chi connectivity index (χ2n) is 7.32. The highest BCUT2D eigenvalue weighted by Crippen LogP contribution is 2.35. The number of halogens is 3. The van der Waals surface area contributed by atoms with E-state index in [1.165, 1.54) is 29.2 Å². The summed E-state index contributed by atoms with van der Waals surface area (Å²) in [6, 6.07) is 4.35. The fourth-order valence-electron chi connectivity index (χ4n) is 3.56. The Morgan fingerprint density at radius 3 is 2.47 bits per heavy atom. The Hall–Kier alpha value is -3.43. The summed E-state index contributed by atoms with van der Waals surface area (Å²) in [7, 11) is 1.54. The molecule has 0 aliphatic heterocycles. The van der Waals surface area contributed by atoms with Gasteiger partial charge in [0, 0.05) is 24.8 Å². The highest BCUT2D eigenvalue weighted by molar-refractivity contribution is 5.98. The molecule has 1 aliphatic rings. The molecular formula is C20H18F3N5O2. The first-order chi connectivity index (χ1) is 14.2. The number of rotatable bonds is 4. The summed E-state index contributed by atoms with van der Waals surface area (Å²) in [5.74, 6) is -0.502. The van der Waals surface area contributed by atoms with Crippen LogP contribution in [0.15, 0.2) is 41.6 Å². The van der Waals surface area contributed by atoms with Crippen molar-refractivity contribution in [2.24, 2.45) is 18.7 Å². The maximum Gasteiger partial charge on any atom is 0.416 e. The Bertz CT molecular complexity index is 1190. The number of benzene rings is 1. The average molecular weight is 417 g/mol. The molecule has 0 radical (unpaired) electrons. The van der Waals surface area contributed by atoms with Crippen LogP contribution >= 0.6 is 0 Å². The molecule has 0 saturated heterocycles. The van der Waals surface area contributed by atoms with Crippen molar-refractivity contribution in [1.82, 2.24) is 14.5 Å². The average Bonchev–Trinajstić information content (AvgIpc) is 2.66.